The minimum absolute atomic E-state index is 0.0260. The van der Waals surface area contributed by atoms with Crippen molar-refractivity contribution in [3.8, 4) is 0 Å². The fourth-order valence-corrected chi connectivity index (χ4v) is 1.37. The summed E-state index contributed by atoms with van der Waals surface area (Å²) in [6.45, 7) is 0.340. The first-order valence-electron chi connectivity index (χ1n) is 5.26. The molecule has 1 aromatic heterocycles. The Hall–Kier alpha value is -1.89. The molecule has 0 spiro atoms. The highest BCUT2D eigenvalue weighted by Crippen LogP contribution is 2.44. The predicted molar refractivity (Wildman–Crippen MR) is 56.9 cm³/mol. The molecule has 0 radical (unpaired) electrons. The second kappa shape index (κ2) is 4.54. The monoisotopic (exact) mass is 239 g/mol. The van der Waals surface area contributed by atoms with E-state index in [9.17, 15) is 9.59 Å². The van der Waals surface area contributed by atoms with Crippen LogP contribution >= 0.6 is 0 Å². The van der Waals surface area contributed by atoms with Gasteiger partial charge in [0.25, 0.3) is 0 Å². The zero-order valence-electron chi connectivity index (χ0n) is 9.10. The maximum atomic E-state index is 11.4. The first kappa shape index (κ1) is 11.6. The van der Waals surface area contributed by atoms with E-state index in [1.54, 1.807) is 0 Å². The van der Waals surface area contributed by atoms with Crippen molar-refractivity contribution in [3.63, 3.8) is 0 Å². The lowest BCUT2D eigenvalue weighted by molar-refractivity contribution is -0.136. The van der Waals surface area contributed by atoms with E-state index < -0.39 is 11.8 Å². The molecule has 2 rings (SSSR count). The molecule has 1 heterocycles. The molecule has 92 valence electrons. The second-order valence-electron chi connectivity index (χ2n) is 4.18. The van der Waals surface area contributed by atoms with Crippen LogP contribution in [0.1, 0.15) is 12.8 Å². The largest absolute Gasteiger partial charge is 0.396 e. The van der Waals surface area contributed by atoms with Crippen LogP contribution in [0.3, 0.4) is 0 Å². The van der Waals surface area contributed by atoms with Crippen molar-refractivity contribution in [1.82, 2.24) is 10.5 Å². The molecule has 1 saturated carbocycles. The topological polar surface area (TPSA) is 104 Å². The molecule has 0 saturated heterocycles. The Kier molecular flexibility index (Phi) is 3.10. The number of aliphatic hydroxyl groups is 1. The first-order valence-corrected chi connectivity index (χ1v) is 5.26. The van der Waals surface area contributed by atoms with Gasteiger partial charge in [0.05, 0.1) is 6.61 Å². The molecule has 2 amide bonds. The van der Waals surface area contributed by atoms with E-state index in [0.717, 1.165) is 12.8 Å². The van der Waals surface area contributed by atoms with E-state index in [1.807, 2.05) is 0 Å². The van der Waals surface area contributed by atoms with E-state index in [2.05, 4.69) is 20.3 Å². The summed E-state index contributed by atoms with van der Waals surface area (Å²) in [5, 5.41) is 17.2. The Morgan fingerprint density at radius 1 is 1.47 bits per heavy atom. The fourth-order valence-electron chi connectivity index (χ4n) is 1.37. The van der Waals surface area contributed by atoms with Gasteiger partial charge in [-0.15, -0.1) is 0 Å². The average Bonchev–Trinajstić information content (AvgIpc) is 2.95. The van der Waals surface area contributed by atoms with Gasteiger partial charge in [-0.3, -0.25) is 14.9 Å². The van der Waals surface area contributed by atoms with Gasteiger partial charge in [-0.1, -0.05) is 5.16 Å². The van der Waals surface area contributed by atoms with Gasteiger partial charge >= 0.3 is 11.8 Å². The summed E-state index contributed by atoms with van der Waals surface area (Å²) in [5.41, 5.74) is -0.218. The first-order chi connectivity index (χ1) is 8.15. The number of carbonyl (C=O) groups excluding carboxylic acids is 2. The number of aliphatic hydroxyl groups excluding tert-OH is 1. The minimum Gasteiger partial charge on any atom is -0.396 e. The maximum Gasteiger partial charge on any atom is 0.314 e. The summed E-state index contributed by atoms with van der Waals surface area (Å²) in [6, 6.07) is 1.43. The van der Waals surface area contributed by atoms with Gasteiger partial charge in [0.2, 0.25) is 0 Å². The molecule has 0 atom stereocenters. The summed E-state index contributed by atoms with van der Waals surface area (Å²) in [7, 11) is 0. The van der Waals surface area contributed by atoms with Gasteiger partial charge in [0.15, 0.2) is 5.82 Å². The normalized spacial score (nSPS) is 16.3. The molecule has 7 nitrogen and oxygen atoms in total. The Labute approximate surface area is 97.2 Å². The lowest BCUT2D eigenvalue weighted by Gasteiger charge is -2.11. The molecule has 7 heteroatoms. The molecule has 17 heavy (non-hydrogen) atoms. The predicted octanol–water partition coefficient (Wildman–Crippen LogP) is -0.498. The van der Waals surface area contributed by atoms with Crippen molar-refractivity contribution < 1.29 is 19.2 Å². The number of hydrogen-bond acceptors (Lipinski definition) is 5. The Morgan fingerprint density at radius 2 is 2.24 bits per heavy atom. The number of rotatable bonds is 4. The molecule has 1 fully saturated rings. The van der Waals surface area contributed by atoms with Crippen molar-refractivity contribution in [2.24, 2.45) is 5.41 Å². The molecule has 0 unspecified atom stereocenters. The van der Waals surface area contributed by atoms with Crippen molar-refractivity contribution >= 4 is 17.6 Å². The van der Waals surface area contributed by atoms with Crippen LogP contribution in [0.2, 0.25) is 0 Å². The van der Waals surface area contributed by atoms with Gasteiger partial charge < -0.3 is 14.9 Å². The number of nitrogens with zero attached hydrogens (tertiary/aromatic N) is 1. The van der Waals surface area contributed by atoms with Crippen LogP contribution in [0.25, 0.3) is 0 Å². The molecule has 1 aromatic rings. The third-order valence-corrected chi connectivity index (χ3v) is 2.80. The number of carbonyl (C=O) groups is 2. The third kappa shape index (κ3) is 2.82. The highest BCUT2D eigenvalue weighted by molar-refractivity contribution is 6.39. The van der Waals surface area contributed by atoms with E-state index >= 15 is 0 Å². The van der Waals surface area contributed by atoms with Crippen molar-refractivity contribution in [3.05, 3.63) is 12.3 Å². The second-order valence-corrected chi connectivity index (χ2v) is 4.18. The highest BCUT2D eigenvalue weighted by Gasteiger charge is 2.42. The van der Waals surface area contributed by atoms with Crippen LogP contribution in [0.4, 0.5) is 5.82 Å². The molecule has 1 aliphatic rings. The highest BCUT2D eigenvalue weighted by atomic mass is 16.5. The van der Waals surface area contributed by atoms with Gasteiger partial charge in [-0.25, -0.2) is 0 Å². The zero-order valence-corrected chi connectivity index (χ0v) is 9.10. The molecule has 0 aromatic carbocycles. The van der Waals surface area contributed by atoms with Gasteiger partial charge in [0.1, 0.15) is 6.26 Å². The standard InChI is InChI=1S/C10H13N3O4/c14-6-10(2-3-10)5-11-8(15)9(16)12-7-1-4-17-13-7/h1,4,14H,2-3,5-6H2,(H,11,15)(H,12,13,16). The number of amides is 2. The molecular formula is C10H13N3O4. The summed E-state index contributed by atoms with van der Waals surface area (Å²) in [5.74, 6) is -1.35. The minimum atomic E-state index is -0.798. The molecule has 3 N–H and O–H groups in total. The fraction of sp³-hybridized carbons (Fsp3) is 0.500. The lowest BCUT2D eigenvalue weighted by atomic mass is 10.1. The van der Waals surface area contributed by atoms with Gasteiger partial charge in [0, 0.05) is 18.0 Å². The summed E-state index contributed by atoms with van der Waals surface area (Å²) in [4.78, 5) is 22.8. The third-order valence-electron chi connectivity index (χ3n) is 2.80. The van der Waals surface area contributed by atoms with E-state index in [-0.39, 0.29) is 17.8 Å². The van der Waals surface area contributed by atoms with Crippen LogP contribution in [0.5, 0.6) is 0 Å². The van der Waals surface area contributed by atoms with Crippen LogP contribution in [0, 0.1) is 5.41 Å². The van der Waals surface area contributed by atoms with Crippen LogP contribution < -0.4 is 10.6 Å². The number of nitrogens with one attached hydrogen (secondary N) is 2. The van der Waals surface area contributed by atoms with E-state index in [1.165, 1.54) is 12.3 Å². The summed E-state index contributed by atoms with van der Waals surface area (Å²) >= 11 is 0. The number of hydrogen-bond donors (Lipinski definition) is 3. The molecule has 1 aliphatic carbocycles. The van der Waals surface area contributed by atoms with Gasteiger partial charge in [-0.2, -0.15) is 0 Å². The summed E-state index contributed by atoms with van der Waals surface area (Å²) in [6.07, 6.45) is 3.03. The van der Waals surface area contributed by atoms with Crippen molar-refractivity contribution in [2.45, 2.75) is 12.8 Å². The number of aromatic nitrogens is 1. The van der Waals surface area contributed by atoms with E-state index in [0.29, 0.717) is 6.54 Å². The van der Waals surface area contributed by atoms with Crippen LogP contribution in [-0.2, 0) is 9.59 Å². The van der Waals surface area contributed by atoms with E-state index in [4.69, 9.17) is 5.11 Å². The molecule has 0 aliphatic heterocycles. The van der Waals surface area contributed by atoms with Crippen molar-refractivity contribution in [1.29, 1.82) is 0 Å². The molecular weight excluding hydrogens is 226 g/mol. The zero-order chi connectivity index (χ0) is 12.3. The smallest absolute Gasteiger partial charge is 0.314 e. The Bertz CT molecular complexity index is 411. The van der Waals surface area contributed by atoms with Crippen LogP contribution in [-0.4, -0.2) is 35.2 Å². The van der Waals surface area contributed by atoms with Gasteiger partial charge in [-0.05, 0) is 12.8 Å². The Morgan fingerprint density at radius 3 is 2.76 bits per heavy atom. The van der Waals surface area contributed by atoms with Crippen LogP contribution in [0.15, 0.2) is 16.9 Å². The SMILES string of the molecule is O=C(NCC1(CO)CC1)C(=O)Nc1ccon1. The molecule has 0 bridgehead atoms. The quantitative estimate of drug-likeness (QED) is 0.614. The average molecular weight is 239 g/mol. The Balaban J connectivity index is 1.78. The summed E-state index contributed by atoms with van der Waals surface area (Å²) < 4.78 is 4.51. The maximum absolute atomic E-state index is 11.4. The van der Waals surface area contributed by atoms with Crippen molar-refractivity contribution in [2.75, 3.05) is 18.5 Å². The number of anilines is 1. The lowest BCUT2D eigenvalue weighted by Crippen LogP contribution is -2.39.